The third kappa shape index (κ3) is 6.86. The maximum absolute atomic E-state index is 12.5. The lowest BCUT2D eigenvalue weighted by Gasteiger charge is -2.26. The third-order valence-corrected chi connectivity index (χ3v) is 4.63. The van der Waals surface area contributed by atoms with Gasteiger partial charge in [0.1, 0.15) is 18.0 Å². The van der Waals surface area contributed by atoms with Crippen LogP contribution in [0.4, 0.5) is 4.79 Å². The number of benzene rings is 2. The van der Waals surface area contributed by atoms with Gasteiger partial charge in [-0.05, 0) is 52.0 Å². The van der Waals surface area contributed by atoms with E-state index in [1.807, 2.05) is 13.0 Å². The van der Waals surface area contributed by atoms with E-state index < -0.39 is 21.8 Å². The summed E-state index contributed by atoms with van der Waals surface area (Å²) >= 11 is 0. The smallest absolute Gasteiger partial charge is 0.435 e. The first-order valence-electron chi connectivity index (χ1n) is 8.76. The van der Waals surface area contributed by atoms with Gasteiger partial charge in [0.15, 0.2) is 0 Å². The van der Waals surface area contributed by atoms with Crippen LogP contribution in [-0.2, 0) is 19.1 Å². The molecule has 0 saturated heterocycles. The first-order chi connectivity index (χ1) is 13.1. The maximum atomic E-state index is 12.5. The molecule has 0 fully saturated rings. The lowest BCUT2D eigenvalue weighted by atomic mass is 10.2. The molecule has 0 bridgehead atoms. The fourth-order valence-corrected chi connectivity index (χ4v) is 3.03. The number of hydrogen-bond acceptors (Lipinski definition) is 6. The molecule has 28 heavy (non-hydrogen) atoms. The summed E-state index contributed by atoms with van der Waals surface area (Å²) in [5.74, 6) is 0.591. The molecule has 1 amide bonds. The number of hydroxylamine groups is 2. The molecule has 0 radical (unpaired) electrons. The number of carbonyl (C=O) groups excluding carboxylic acids is 1. The van der Waals surface area contributed by atoms with E-state index in [2.05, 4.69) is 0 Å². The van der Waals surface area contributed by atoms with Gasteiger partial charge in [0, 0.05) is 0 Å². The number of carbonyl (C=O) groups is 1. The average molecular weight is 407 g/mol. The van der Waals surface area contributed by atoms with Gasteiger partial charge in [-0.1, -0.05) is 35.9 Å². The van der Waals surface area contributed by atoms with Crippen molar-refractivity contribution >= 4 is 16.2 Å². The predicted octanol–water partition coefficient (Wildman–Crippen LogP) is 3.93. The highest BCUT2D eigenvalue weighted by molar-refractivity contribution is 7.86. The van der Waals surface area contributed by atoms with Gasteiger partial charge in [-0.2, -0.15) is 13.5 Å². The van der Waals surface area contributed by atoms with Crippen LogP contribution in [0.2, 0.25) is 0 Å². The van der Waals surface area contributed by atoms with E-state index in [-0.39, 0.29) is 18.0 Å². The summed E-state index contributed by atoms with van der Waals surface area (Å²) in [5.41, 5.74) is 0.0892. The third-order valence-electron chi connectivity index (χ3n) is 3.40. The van der Waals surface area contributed by atoms with E-state index >= 15 is 0 Å². The molecule has 0 aliphatic carbocycles. The van der Waals surface area contributed by atoms with Crippen LogP contribution in [0.25, 0.3) is 0 Å². The van der Waals surface area contributed by atoms with E-state index in [9.17, 15) is 13.2 Å². The Labute approximate surface area is 165 Å². The van der Waals surface area contributed by atoms with Crippen molar-refractivity contribution in [1.82, 2.24) is 5.06 Å². The quantitative estimate of drug-likeness (QED) is 0.647. The molecule has 2 aromatic rings. The molecule has 0 atom stereocenters. The largest absolute Gasteiger partial charge is 0.492 e. The number of ether oxygens (including phenoxy) is 2. The first kappa shape index (κ1) is 21.7. The lowest BCUT2D eigenvalue weighted by Crippen LogP contribution is -2.40. The Balaban J connectivity index is 2.12. The van der Waals surface area contributed by atoms with Crippen molar-refractivity contribution in [2.75, 3.05) is 13.2 Å². The molecular formula is C20H25NO6S. The topological polar surface area (TPSA) is 82.1 Å². The molecular weight excluding hydrogens is 382 g/mol. The van der Waals surface area contributed by atoms with Gasteiger partial charge < -0.3 is 9.47 Å². The monoisotopic (exact) mass is 407 g/mol. The van der Waals surface area contributed by atoms with Crippen LogP contribution >= 0.6 is 0 Å². The van der Waals surface area contributed by atoms with Gasteiger partial charge in [0.2, 0.25) is 0 Å². The van der Waals surface area contributed by atoms with Gasteiger partial charge in [0.25, 0.3) is 0 Å². The van der Waals surface area contributed by atoms with Crippen LogP contribution in [0.15, 0.2) is 59.5 Å². The number of nitrogens with zero attached hydrogens (tertiary/aromatic N) is 1. The van der Waals surface area contributed by atoms with E-state index in [1.165, 1.54) is 12.1 Å². The van der Waals surface area contributed by atoms with Crippen LogP contribution in [0, 0.1) is 6.92 Å². The van der Waals surface area contributed by atoms with Crippen LogP contribution in [0.3, 0.4) is 0 Å². The summed E-state index contributed by atoms with van der Waals surface area (Å²) in [6.07, 6.45) is -0.917. The van der Waals surface area contributed by atoms with Crippen molar-refractivity contribution in [3.8, 4) is 5.75 Å². The number of amides is 1. The molecule has 152 valence electrons. The van der Waals surface area contributed by atoms with E-state index in [4.69, 9.17) is 13.8 Å². The normalized spacial score (nSPS) is 11.7. The molecule has 0 aliphatic heterocycles. The zero-order valence-corrected chi connectivity index (χ0v) is 17.2. The van der Waals surface area contributed by atoms with Crippen molar-refractivity contribution in [1.29, 1.82) is 0 Å². The molecule has 2 rings (SSSR count). The van der Waals surface area contributed by atoms with Gasteiger partial charge >= 0.3 is 16.2 Å². The summed E-state index contributed by atoms with van der Waals surface area (Å²) in [6.45, 7) is 6.75. The van der Waals surface area contributed by atoms with Crippen molar-refractivity contribution < 1.29 is 27.0 Å². The zero-order valence-electron chi connectivity index (χ0n) is 16.4. The standard InChI is InChI=1S/C20H25NO6S/c1-16-10-12-18(13-11-16)28(23,24)27-21(19(22)26-20(2,3)4)14-15-25-17-8-6-5-7-9-17/h5-13H,14-15H2,1-4H3. The molecule has 0 aromatic heterocycles. The van der Waals surface area contributed by atoms with Gasteiger partial charge in [-0.15, -0.1) is 4.28 Å². The Kier molecular flexibility index (Phi) is 7.04. The van der Waals surface area contributed by atoms with Crippen LogP contribution in [0.5, 0.6) is 5.75 Å². The molecule has 0 saturated carbocycles. The molecule has 0 aliphatic rings. The molecule has 7 nitrogen and oxygen atoms in total. The summed E-state index contributed by atoms with van der Waals surface area (Å²) < 4.78 is 40.9. The second kappa shape index (κ2) is 9.07. The molecule has 0 spiro atoms. The number of rotatable bonds is 7. The van der Waals surface area contributed by atoms with Crippen molar-refractivity contribution in [3.05, 3.63) is 60.2 Å². The van der Waals surface area contributed by atoms with Crippen molar-refractivity contribution in [2.24, 2.45) is 0 Å². The fourth-order valence-electron chi connectivity index (χ4n) is 2.10. The maximum Gasteiger partial charge on any atom is 0.435 e. The second-order valence-corrected chi connectivity index (χ2v) is 8.61. The van der Waals surface area contributed by atoms with E-state index in [1.54, 1.807) is 57.2 Å². The highest BCUT2D eigenvalue weighted by atomic mass is 32.2. The summed E-state index contributed by atoms with van der Waals surface area (Å²) in [4.78, 5) is 12.4. The Morgan fingerprint density at radius 2 is 1.61 bits per heavy atom. The Morgan fingerprint density at radius 3 is 2.18 bits per heavy atom. The highest BCUT2D eigenvalue weighted by Gasteiger charge is 2.28. The average Bonchev–Trinajstić information content (AvgIpc) is 2.60. The van der Waals surface area contributed by atoms with Crippen LogP contribution in [0.1, 0.15) is 26.3 Å². The molecule has 0 heterocycles. The van der Waals surface area contributed by atoms with Crippen molar-refractivity contribution in [3.63, 3.8) is 0 Å². The lowest BCUT2D eigenvalue weighted by molar-refractivity contribution is -0.0727. The Hall–Kier alpha value is -2.58. The van der Waals surface area contributed by atoms with Gasteiger partial charge in [0.05, 0.1) is 11.4 Å². The minimum Gasteiger partial charge on any atom is -0.492 e. The first-order valence-corrected chi connectivity index (χ1v) is 10.2. The van der Waals surface area contributed by atoms with Crippen LogP contribution < -0.4 is 4.74 Å². The number of hydrogen-bond donors (Lipinski definition) is 0. The minimum atomic E-state index is -4.20. The van der Waals surface area contributed by atoms with Crippen LogP contribution in [-0.4, -0.2) is 38.3 Å². The predicted molar refractivity (Wildman–Crippen MR) is 104 cm³/mol. The number of aryl methyl sites for hydroxylation is 1. The molecule has 8 heteroatoms. The van der Waals surface area contributed by atoms with Gasteiger partial charge in [-0.25, -0.2) is 4.79 Å². The van der Waals surface area contributed by atoms with Gasteiger partial charge in [-0.3, -0.25) is 0 Å². The summed E-state index contributed by atoms with van der Waals surface area (Å²) in [5, 5.41) is 0.656. The summed E-state index contributed by atoms with van der Waals surface area (Å²) in [7, 11) is -4.20. The number of para-hydroxylation sites is 1. The van der Waals surface area contributed by atoms with E-state index in [0.717, 1.165) is 5.56 Å². The zero-order chi connectivity index (χ0) is 20.8. The fraction of sp³-hybridized carbons (Fsp3) is 0.350. The van der Waals surface area contributed by atoms with E-state index in [0.29, 0.717) is 10.8 Å². The molecule has 0 unspecified atom stereocenters. The SMILES string of the molecule is Cc1ccc(S(=O)(=O)ON(CCOc2ccccc2)C(=O)OC(C)(C)C)cc1. The Bertz CT molecular complexity index is 873. The summed E-state index contributed by atoms with van der Waals surface area (Å²) in [6, 6.07) is 15.1. The minimum absolute atomic E-state index is 0.0205. The van der Waals surface area contributed by atoms with Crippen molar-refractivity contribution in [2.45, 2.75) is 38.2 Å². The molecule has 2 aromatic carbocycles. The highest BCUT2D eigenvalue weighted by Crippen LogP contribution is 2.18. The second-order valence-electron chi connectivity index (χ2n) is 7.09. The Morgan fingerprint density at radius 1 is 1.00 bits per heavy atom. The molecule has 0 N–H and O–H groups in total.